The van der Waals surface area contributed by atoms with Gasteiger partial charge in [0.15, 0.2) is 11.6 Å². The van der Waals surface area contributed by atoms with Gasteiger partial charge >= 0.3 is 6.36 Å². The van der Waals surface area contributed by atoms with Gasteiger partial charge in [0.25, 0.3) is 0 Å². The van der Waals surface area contributed by atoms with Crippen LogP contribution < -0.4 is 10.5 Å². The third-order valence-corrected chi connectivity index (χ3v) is 1.92. The zero-order valence-electron chi connectivity index (χ0n) is 6.97. The van der Waals surface area contributed by atoms with Gasteiger partial charge in [0, 0.05) is 6.07 Å². The fourth-order valence-corrected chi connectivity index (χ4v) is 1.16. The Morgan fingerprint density at radius 2 is 2.13 bits per heavy atom. The Kier molecular flexibility index (Phi) is 3.04. The molecule has 0 aliphatic heterocycles. The van der Waals surface area contributed by atoms with Crippen molar-refractivity contribution in [3.63, 3.8) is 0 Å². The summed E-state index contributed by atoms with van der Waals surface area (Å²) in [5.74, 6) is -1.14. The van der Waals surface area contributed by atoms with Gasteiger partial charge in [0.2, 0.25) is 0 Å². The molecule has 0 saturated carbocycles. The minimum absolute atomic E-state index is 0.0667. The lowest BCUT2D eigenvalue weighted by Crippen LogP contribution is -2.18. The number of nitriles is 1. The van der Waals surface area contributed by atoms with Crippen LogP contribution >= 0.6 is 15.9 Å². The summed E-state index contributed by atoms with van der Waals surface area (Å²) >= 11 is 2.87. The van der Waals surface area contributed by atoms with Crippen molar-refractivity contribution in [3.05, 3.63) is 16.2 Å². The van der Waals surface area contributed by atoms with Crippen molar-refractivity contribution in [2.45, 2.75) is 6.36 Å². The molecule has 2 N–H and O–H groups in total. The summed E-state index contributed by atoms with van der Waals surface area (Å²) in [5.41, 5.74) is 5.08. The number of aromatic nitrogens is 1. The van der Waals surface area contributed by atoms with E-state index in [1.54, 1.807) is 6.07 Å². The molecular weight excluding hydrogens is 279 g/mol. The van der Waals surface area contributed by atoms with Crippen LogP contribution in [0.1, 0.15) is 5.56 Å². The summed E-state index contributed by atoms with van der Waals surface area (Å²) in [6, 6.07) is 2.50. The van der Waals surface area contributed by atoms with Crippen LogP contribution in [0.4, 0.5) is 19.0 Å². The van der Waals surface area contributed by atoms with Crippen molar-refractivity contribution >= 4 is 21.7 Å². The molecule has 8 heteroatoms. The third kappa shape index (κ3) is 2.99. The zero-order chi connectivity index (χ0) is 11.6. The number of halogens is 4. The second-order valence-electron chi connectivity index (χ2n) is 2.37. The highest BCUT2D eigenvalue weighted by Gasteiger charge is 2.32. The van der Waals surface area contributed by atoms with Gasteiger partial charge in [-0.15, -0.1) is 13.2 Å². The molecule has 0 aliphatic rings. The first kappa shape index (κ1) is 11.6. The fraction of sp³-hybridized carbons (Fsp3) is 0.143. The van der Waals surface area contributed by atoms with E-state index < -0.39 is 17.9 Å². The Labute approximate surface area is 90.6 Å². The lowest BCUT2D eigenvalue weighted by Gasteiger charge is -2.10. The Balaban J connectivity index is 3.15. The van der Waals surface area contributed by atoms with E-state index >= 15 is 0 Å². The van der Waals surface area contributed by atoms with E-state index in [0.717, 1.165) is 6.07 Å². The number of anilines is 1. The SMILES string of the molecule is N#Cc1cc(OC(F)(F)F)c(N)nc1Br. The van der Waals surface area contributed by atoms with Crippen molar-refractivity contribution in [2.24, 2.45) is 0 Å². The highest BCUT2D eigenvalue weighted by atomic mass is 79.9. The first-order valence-electron chi connectivity index (χ1n) is 3.45. The smallest absolute Gasteiger partial charge is 0.402 e. The minimum atomic E-state index is -4.86. The minimum Gasteiger partial charge on any atom is -0.402 e. The van der Waals surface area contributed by atoms with Crippen LogP contribution in [0.5, 0.6) is 5.75 Å². The molecule has 0 spiro atoms. The molecular formula is C7H3BrF3N3O. The highest BCUT2D eigenvalue weighted by molar-refractivity contribution is 9.10. The van der Waals surface area contributed by atoms with Crippen molar-refractivity contribution in [3.8, 4) is 11.8 Å². The average Bonchev–Trinajstić information content (AvgIpc) is 2.07. The van der Waals surface area contributed by atoms with Crippen LogP contribution in [-0.2, 0) is 0 Å². The first-order chi connectivity index (χ1) is 6.83. The Morgan fingerprint density at radius 1 is 1.53 bits per heavy atom. The van der Waals surface area contributed by atoms with E-state index in [9.17, 15) is 13.2 Å². The molecule has 0 atom stereocenters. The maximum atomic E-state index is 11.9. The molecule has 0 aromatic carbocycles. The average molecular weight is 282 g/mol. The van der Waals surface area contributed by atoms with Crippen LogP contribution in [0, 0.1) is 11.3 Å². The van der Waals surface area contributed by atoms with E-state index in [1.807, 2.05) is 0 Å². The van der Waals surface area contributed by atoms with E-state index in [2.05, 4.69) is 25.7 Å². The molecule has 0 unspecified atom stereocenters. The number of pyridine rings is 1. The number of hydrogen-bond donors (Lipinski definition) is 1. The van der Waals surface area contributed by atoms with E-state index in [1.165, 1.54) is 0 Å². The number of nitrogens with zero attached hydrogens (tertiary/aromatic N) is 2. The molecule has 0 bridgehead atoms. The lowest BCUT2D eigenvalue weighted by molar-refractivity contribution is -0.274. The lowest BCUT2D eigenvalue weighted by atomic mass is 10.3. The molecule has 0 aliphatic carbocycles. The molecule has 4 nitrogen and oxygen atoms in total. The molecule has 1 aromatic heterocycles. The number of nitrogen functional groups attached to an aromatic ring is 1. The van der Waals surface area contributed by atoms with Crippen LogP contribution in [0.2, 0.25) is 0 Å². The summed E-state index contributed by atoms with van der Waals surface area (Å²) in [4.78, 5) is 3.48. The second kappa shape index (κ2) is 3.94. The number of rotatable bonds is 1. The summed E-state index contributed by atoms with van der Waals surface area (Å²) < 4.78 is 39.2. The van der Waals surface area contributed by atoms with Gasteiger partial charge in [-0.3, -0.25) is 0 Å². The standard InChI is InChI=1S/C7H3BrF3N3O/c8-5-3(2-12)1-4(6(13)14-5)15-7(9,10)11/h1H,(H2,13,14). The Hall–Kier alpha value is -1.49. The van der Waals surface area contributed by atoms with Crippen molar-refractivity contribution in [1.82, 2.24) is 4.98 Å². The zero-order valence-corrected chi connectivity index (χ0v) is 8.56. The van der Waals surface area contributed by atoms with E-state index in [0.29, 0.717) is 0 Å². The Morgan fingerprint density at radius 3 is 2.60 bits per heavy atom. The van der Waals surface area contributed by atoms with E-state index in [-0.39, 0.29) is 10.2 Å². The topological polar surface area (TPSA) is 71.9 Å². The molecule has 0 saturated heterocycles. The largest absolute Gasteiger partial charge is 0.573 e. The van der Waals surface area contributed by atoms with Gasteiger partial charge in [0.1, 0.15) is 10.7 Å². The normalized spacial score (nSPS) is 10.9. The molecule has 1 heterocycles. The molecule has 0 fully saturated rings. The van der Waals surface area contributed by atoms with Crippen LogP contribution in [0.3, 0.4) is 0 Å². The fourth-order valence-electron chi connectivity index (χ4n) is 0.770. The molecule has 80 valence electrons. The van der Waals surface area contributed by atoms with Gasteiger partial charge in [0.05, 0.1) is 5.56 Å². The molecule has 1 rings (SSSR count). The number of nitrogens with two attached hydrogens (primary N) is 1. The number of hydrogen-bond acceptors (Lipinski definition) is 4. The van der Waals surface area contributed by atoms with Gasteiger partial charge in [-0.25, -0.2) is 4.98 Å². The first-order valence-corrected chi connectivity index (χ1v) is 4.24. The second-order valence-corrected chi connectivity index (χ2v) is 3.12. The Bertz CT molecular complexity index is 427. The highest BCUT2D eigenvalue weighted by Crippen LogP contribution is 2.30. The van der Waals surface area contributed by atoms with Crippen molar-refractivity contribution in [2.75, 3.05) is 5.73 Å². The predicted octanol–water partition coefficient (Wildman–Crippen LogP) is 2.20. The quantitative estimate of drug-likeness (QED) is 0.801. The van der Waals surface area contributed by atoms with Gasteiger partial charge < -0.3 is 10.5 Å². The maximum absolute atomic E-state index is 11.9. The monoisotopic (exact) mass is 281 g/mol. The van der Waals surface area contributed by atoms with Gasteiger partial charge in [-0.2, -0.15) is 5.26 Å². The summed E-state index contributed by atoms with van der Waals surface area (Å²) in [5, 5.41) is 8.53. The third-order valence-electron chi connectivity index (χ3n) is 1.31. The number of ether oxygens (including phenoxy) is 1. The van der Waals surface area contributed by atoms with Crippen LogP contribution in [0.15, 0.2) is 10.7 Å². The van der Waals surface area contributed by atoms with E-state index in [4.69, 9.17) is 11.0 Å². The maximum Gasteiger partial charge on any atom is 0.573 e. The molecule has 1 aromatic rings. The van der Waals surface area contributed by atoms with Crippen LogP contribution in [0.25, 0.3) is 0 Å². The van der Waals surface area contributed by atoms with Crippen LogP contribution in [-0.4, -0.2) is 11.3 Å². The molecule has 15 heavy (non-hydrogen) atoms. The molecule has 0 radical (unpaired) electrons. The van der Waals surface area contributed by atoms with Crippen molar-refractivity contribution in [1.29, 1.82) is 5.26 Å². The predicted molar refractivity (Wildman–Crippen MR) is 47.7 cm³/mol. The summed E-state index contributed by atoms with van der Waals surface area (Å²) in [7, 11) is 0. The number of alkyl halides is 3. The summed E-state index contributed by atoms with van der Waals surface area (Å²) in [6.45, 7) is 0. The van der Waals surface area contributed by atoms with Gasteiger partial charge in [-0.05, 0) is 15.9 Å². The molecule has 0 amide bonds. The van der Waals surface area contributed by atoms with Crippen molar-refractivity contribution < 1.29 is 17.9 Å². The van der Waals surface area contributed by atoms with Gasteiger partial charge in [-0.1, -0.05) is 0 Å². The summed E-state index contributed by atoms with van der Waals surface area (Å²) in [6.07, 6.45) is -4.86.